The molecule has 4 aromatic rings. The largest absolute Gasteiger partial charge is 0.464 e. The molecule has 1 aliphatic rings. The number of hydrogen-bond acceptors (Lipinski definition) is 3. The Hall–Kier alpha value is -3.45. The van der Waals surface area contributed by atoms with Gasteiger partial charge in [0.25, 0.3) is 0 Å². The summed E-state index contributed by atoms with van der Waals surface area (Å²) in [6.45, 7) is 2.25. The highest BCUT2D eigenvalue weighted by Crippen LogP contribution is 2.35. The molecule has 186 valence electrons. The lowest BCUT2D eigenvalue weighted by molar-refractivity contribution is -0.138. The molecule has 2 aromatic carbocycles. The van der Waals surface area contributed by atoms with E-state index in [1.165, 1.54) is 18.4 Å². The van der Waals surface area contributed by atoms with Crippen molar-refractivity contribution in [2.45, 2.75) is 31.4 Å². The van der Waals surface area contributed by atoms with Gasteiger partial charge in [-0.25, -0.2) is 4.39 Å². The van der Waals surface area contributed by atoms with E-state index in [1.54, 1.807) is 30.5 Å². The molecule has 0 saturated carbocycles. The first kappa shape index (κ1) is 24.3. The zero-order chi connectivity index (χ0) is 25.1. The average Bonchev–Trinajstić information content (AvgIpc) is 3.38. The van der Waals surface area contributed by atoms with E-state index in [0.29, 0.717) is 29.5 Å². The Kier molecular flexibility index (Phi) is 6.92. The number of furan rings is 1. The van der Waals surface area contributed by atoms with Gasteiger partial charge in [0.2, 0.25) is 0 Å². The molecule has 1 unspecified atom stereocenters. The molecule has 3 heterocycles. The topological polar surface area (TPSA) is 29.3 Å². The van der Waals surface area contributed by atoms with Crippen molar-refractivity contribution >= 4 is 16.5 Å². The molecule has 0 radical (unpaired) electrons. The third-order valence-corrected chi connectivity index (χ3v) is 6.89. The molecule has 3 nitrogen and oxygen atoms in total. The summed E-state index contributed by atoms with van der Waals surface area (Å²) in [5, 5.41) is 0.480. The van der Waals surface area contributed by atoms with Crippen LogP contribution in [-0.2, 0) is 12.6 Å². The van der Waals surface area contributed by atoms with Gasteiger partial charge in [0.1, 0.15) is 11.4 Å². The molecule has 7 heteroatoms. The summed E-state index contributed by atoms with van der Waals surface area (Å²) in [7, 11) is 0. The van der Waals surface area contributed by atoms with E-state index >= 15 is 0 Å². The van der Waals surface area contributed by atoms with Crippen LogP contribution in [0.25, 0.3) is 16.5 Å². The molecule has 1 atom stereocenters. The highest BCUT2D eigenvalue weighted by molar-refractivity contribution is 5.90. The number of nitrogens with zero attached hydrogens (tertiary/aromatic N) is 2. The minimum absolute atomic E-state index is 0.139. The molecule has 2 aromatic heterocycles. The van der Waals surface area contributed by atoms with E-state index in [0.717, 1.165) is 42.4 Å². The van der Waals surface area contributed by atoms with Crippen LogP contribution in [0.3, 0.4) is 0 Å². The van der Waals surface area contributed by atoms with Gasteiger partial charge in [-0.05, 0) is 73.3 Å². The van der Waals surface area contributed by atoms with Crippen LogP contribution in [0.5, 0.6) is 0 Å². The van der Waals surface area contributed by atoms with E-state index in [9.17, 15) is 17.6 Å². The molecule has 0 spiro atoms. The minimum Gasteiger partial charge on any atom is -0.464 e. The van der Waals surface area contributed by atoms with Crippen LogP contribution >= 0.6 is 0 Å². The summed E-state index contributed by atoms with van der Waals surface area (Å²) in [6.07, 6.45) is 2.67. The fourth-order valence-corrected chi connectivity index (χ4v) is 4.99. The highest BCUT2D eigenvalue weighted by Gasteiger charge is 2.33. The van der Waals surface area contributed by atoms with Crippen molar-refractivity contribution in [3.05, 3.63) is 107 Å². The summed E-state index contributed by atoms with van der Waals surface area (Å²) in [4.78, 5) is 6.75. The molecular weight excluding hydrogens is 468 g/mol. The lowest BCUT2D eigenvalue weighted by Gasteiger charge is -2.28. The zero-order valence-electron chi connectivity index (χ0n) is 19.6. The quantitative estimate of drug-likeness (QED) is 0.249. The second kappa shape index (κ2) is 10.3. The maximum atomic E-state index is 14.0. The third-order valence-electron chi connectivity index (χ3n) is 6.89. The van der Waals surface area contributed by atoms with Gasteiger partial charge in [-0.3, -0.25) is 9.88 Å². The SMILES string of the molecule is Fc1ccc(C2=CCN(CCC(Cc3ccccc3C(F)(F)F)c3ccccn3)CC2)c2occc12. The molecule has 0 amide bonds. The van der Waals surface area contributed by atoms with Crippen LogP contribution in [0.1, 0.15) is 41.1 Å². The van der Waals surface area contributed by atoms with Crippen LogP contribution in [0.4, 0.5) is 17.6 Å². The average molecular weight is 495 g/mol. The van der Waals surface area contributed by atoms with Gasteiger partial charge in [0, 0.05) is 36.5 Å². The molecular formula is C29H26F4N2O. The fraction of sp³-hybridized carbons (Fsp3) is 0.276. The third kappa shape index (κ3) is 5.21. The normalized spacial score (nSPS) is 15.7. The maximum Gasteiger partial charge on any atom is 0.416 e. The smallest absolute Gasteiger partial charge is 0.416 e. The van der Waals surface area contributed by atoms with Gasteiger partial charge in [-0.15, -0.1) is 0 Å². The van der Waals surface area contributed by atoms with E-state index in [1.807, 2.05) is 18.2 Å². The standard InChI is InChI=1S/C29H26F4N2O/c30-26-9-8-23(28-24(26)13-18-36-28)20-10-15-35(16-11-20)17-12-22(27-7-3-4-14-34-27)19-21-5-1-2-6-25(21)29(31,32)33/h1-10,13-14,18,22H,11-12,15-17,19H2. The van der Waals surface area contributed by atoms with Crippen molar-refractivity contribution < 1.29 is 22.0 Å². The number of fused-ring (bicyclic) bond motifs is 1. The monoisotopic (exact) mass is 494 g/mol. The first-order valence-electron chi connectivity index (χ1n) is 12.0. The highest BCUT2D eigenvalue weighted by atomic mass is 19.4. The Bertz CT molecular complexity index is 1360. The molecule has 0 aliphatic carbocycles. The Morgan fingerprint density at radius 3 is 2.58 bits per heavy atom. The summed E-state index contributed by atoms with van der Waals surface area (Å²) >= 11 is 0. The second-order valence-electron chi connectivity index (χ2n) is 9.14. The van der Waals surface area contributed by atoms with Crippen LogP contribution in [-0.4, -0.2) is 29.5 Å². The number of benzene rings is 2. The van der Waals surface area contributed by atoms with Gasteiger partial charge in [-0.2, -0.15) is 13.2 Å². The number of halogens is 4. The Morgan fingerprint density at radius 2 is 1.83 bits per heavy atom. The molecule has 1 aliphatic heterocycles. The molecule has 5 rings (SSSR count). The Morgan fingerprint density at radius 1 is 1.00 bits per heavy atom. The van der Waals surface area contributed by atoms with Gasteiger partial charge in [0.15, 0.2) is 0 Å². The lowest BCUT2D eigenvalue weighted by Crippen LogP contribution is -2.30. The first-order chi connectivity index (χ1) is 17.4. The summed E-state index contributed by atoms with van der Waals surface area (Å²) in [6, 6.07) is 16.2. The van der Waals surface area contributed by atoms with Crippen molar-refractivity contribution in [3.63, 3.8) is 0 Å². The van der Waals surface area contributed by atoms with Crippen molar-refractivity contribution in [3.8, 4) is 0 Å². The minimum atomic E-state index is -4.39. The van der Waals surface area contributed by atoms with Crippen LogP contribution in [0.15, 0.2) is 83.6 Å². The van der Waals surface area contributed by atoms with Gasteiger partial charge in [0.05, 0.1) is 17.2 Å². The van der Waals surface area contributed by atoms with Gasteiger partial charge < -0.3 is 4.42 Å². The van der Waals surface area contributed by atoms with Gasteiger partial charge >= 0.3 is 6.18 Å². The number of alkyl halides is 3. The number of hydrogen-bond donors (Lipinski definition) is 0. The van der Waals surface area contributed by atoms with Crippen molar-refractivity contribution in [2.75, 3.05) is 19.6 Å². The fourth-order valence-electron chi connectivity index (χ4n) is 4.99. The van der Waals surface area contributed by atoms with E-state index in [4.69, 9.17) is 4.42 Å². The molecule has 0 fully saturated rings. The van der Waals surface area contributed by atoms with Crippen LogP contribution in [0.2, 0.25) is 0 Å². The number of pyridine rings is 1. The number of rotatable bonds is 7. The van der Waals surface area contributed by atoms with E-state index < -0.39 is 11.7 Å². The van der Waals surface area contributed by atoms with Crippen molar-refractivity contribution in [2.24, 2.45) is 0 Å². The van der Waals surface area contributed by atoms with Crippen LogP contribution in [0, 0.1) is 5.82 Å². The number of aromatic nitrogens is 1. The van der Waals surface area contributed by atoms with E-state index in [2.05, 4.69) is 16.0 Å². The molecule has 0 bridgehead atoms. The molecule has 0 saturated heterocycles. The summed E-state index contributed by atoms with van der Waals surface area (Å²) in [5.41, 5.74) is 3.10. The van der Waals surface area contributed by atoms with Crippen molar-refractivity contribution in [1.82, 2.24) is 9.88 Å². The zero-order valence-corrected chi connectivity index (χ0v) is 19.6. The lowest BCUT2D eigenvalue weighted by atomic mass is 9.89. The predicted octanol–water partition coefficient (Wildman–Crippen LogP) is 7.49. The maximum absolute atomic E-state index is 14.0. The van der Waals surface area contributed by atoms with Crippen molar-refractivity contribution in [1.29, 1.82) is 0 Å². The molecule has 0 N–H and O–H groups in total. The Balaban J connectivity index is 1.30. The second-order valence-corrected chi connectivity index (χ2v) is 9.14. The predicted molar refractivity (Wildman–Crippen MR) is 132 cm³/mol. The first-order valence-corrected chi connectivity index (χ1v) is 12.0. The van der Waals surface area contributed by atoms with Crippen LogP contribution < -0.4 is 0 Å². The Labute approximate surface area is 207 Å². The summed E-state index contributed by atoms with van der Waals surface area (Å²) < 4.78 is 60.4. The van der Waals surface area contributed by atoms with E-state index in [-0.39, 0.29) is 18.2 Å². The van der Waals surface area contributed by atoms with Gasteiger partial charge in [-0.1, -0.05) is 30.3 Å². The molecule has 36 heavy (non-hydrogen) atoms. The summed E-state index contributed by atoms with van der Waals surface area (Å²) in [5.74, 6) is -0.437.